The monoisotopic (exact) mass is 312 g/mol. The fraction of sp³-hybridized carbons (Fsp3) is 0.600. The van der Waals surface area contributed by atoms with E-state index >= 15 is 0 Å². The van der Waals surface area contributed by atoms with Crippen molar-refractivity contribution in [2.45, 2.75) is 53.1 Å². The lowest BCUT2D eigenvalue weighted by atomic mass is 10.1. The Labute approximate surface area is 130 Å². The highest BCUT2D eigenvalue weighted by molar-refractivity contribution is 7.12. The molecular weight excluding hydrogens is 288 g/mol. The molecule has 2 amide bonds. The van der Waals surface area contributed by atoms with Gasteiger partial charge in [-0.25, -0.2) is 4.79 Å². The Morgan fingerprint density at radius 1 is 1.33 bits per heavy atom. The van der Waals surface area contributed by atoms with Gasteiger partial charge in [-0.05, 0) is 46.2 Å². The number of hydrogen-bond donors (Lipinski definition) is 2. The molecule has 6 heteroatoms. The number of hydrogen-bond acceptors (Lipinski definition) is 3. The van der Waals surface area contributed by atoms with Crippen LogP contribution in [0, 0.1) is 13.8 Å². The number of nitrogens with one attached hydrogen (secondary N) is 1. The highest BCUT2D eigenvalue weighted by Crippen LogP contribution is 2.20. The van der Waals surface area contributed by atoms with E-state index in [0.29, 0.717) is 6.54 Å². The number of nitrogens with zero attached hydrogens (tertiary/aromatic N) is 1. The van der Waals surface area contributed by atoms with Crippen LogP contribution in [0.2, 0.25) is 0 Å². The number of urea groups is 1. The van der Waals surface area contributed by atoms with Crippen molar-refractivity contribution in [3.63, 3.8) is 0 Å². The number of aliphatic carboxylic acids is 1. The topological polar surface area (TPSA) is 69.6 Å². The number of thiophene rings is 1. The van der Waals surface area contributed by atoms with Gasteiger partial charge in [-0.3, -0.25) is 4.79 Å². The van der Waals surface area contributed by atoms with Gasteiger partial charge in [0.1, 0.15) is 0 Å². The van der Waals surface area contributed by atoms with Crippen LogP contribution < -0.4 is 5.32 Å². The average Bonchev–Trinajstić information content (AvgIpc) is 2.64. The van der Waals surface area contributed by atoms with Gasteiger partial charge in [0.15, 0.2) is 0 Å². The molecule has 118 valence electrons. The molecule has 1 heterocycles. The lowest BCUT2D eigenvalue weighted by molar-refractivity contribution is -0.137. The Bertz CT molecular complexity index is 498. The predicted octanol–water partition coefficient (Wildman–Crippen LogP) is 3.15. The Morgan fingerprint density at radius 3 is 2.38 bits per heavy atom. The number of carbonyl (C=O) groups excluding carboxylic acids is 1. The summed E-state index contributed by atoms with van der Waals surface area (Å²) in [6.07, 6.45) is -0.0537. The number of carbonyl (C=O) groups is 2. The summed E-state index contributed by atoms with van der Waals surface area (Å²) in [5, 5.41) is 11.7. The number of carboxylic acid groups (broad SMARTS) is 1. The molecule has 2 N–H and O–H groups in total. The highest BCUT2D eigenvalue weighted by atomic mass is 32.1. The van der Waals surface area contributed by atoms with Crippen LogP contribution >= 0.6 is 11.3 Å². The van der Waals surface area contributed by atoms with E-state index < -0.39 is 11.5 Å². The average molecular weight is 312 g/mol. The zero-order valence-corrected chi connectivity index (χ0v) is 14.1. The molecule has 0 spiro atoms. The molecule has 0 unspecified atom stereocenters. The van der Waals surface area contributed by atoms with E-state index in [1.54, 1.807) is 16.2 Å². The second kappa shape index (κ2) is 6.93. The molecule has 0 atom stereocenters. The standard InChI is InChI=1S/C15H24N2O3S/c1-10-8-12(21-11(10)2)9-16-14(20)17(15(3,4)5)7-6-13(18)19/h8H,6-7,9H2,1-5H3,(H,16,20)(H,18,19). The summed E-state index contributed by atoms with van der Waals surface area (Å²) in [5.74, 6) is -0.901. The van der Waals surface area contributed by atoms with Crippen LogP contribution in [-0.2, 0) is 11.3 Å². The molecule has 0 bridgehead atoms. The smallest absolute Gasteiger partial charge is 0.318 e. The second-order valence-electron chi connectivity index (χ2n) is 6.08. The molecule has 5 nitrogen and oxygen atoms in total. The van der Waals surface area contributed by atoms with Gasteiger partial charge in [-0.15, -0.1) is 11.3 Å². The molecule has 0 aromatic carbocycles. The normalized spacial score (nSPS) is 11.3. The molecule has 1 aromatic rings. The van der Waals surface area contributed by atoms with Crippen LogP contribution in [0.3, 0.4) is 0 Å². The van der Waals surface area contributed by atoms with Gasteiger partial charge >= 0.3 is 12.0 Å². The molecule has 0 radical (unpaired) electrons. The first-order chi connectivity index (χ1) is 9.61. The largest absolute Gasteiger partial charge is 0.481 e. The van der Waals surface area contributed by atoms with Crippen LogP contribution in [0.25, 0.3) is 0 Å². The van der Waals surface area contributed by atoms with Crippen molar-refractivity contribution in [2.75, 3.05) is 6.54 Å². The summed E-state index contributed by atoms with van der Waals surface area (Å²) >= 11 is 1.67. The molecule has 21 heavy (non-hydrogen) atoms. The number of carboxylic acids is 1. The van der Waals surface area contributed by atoms with E-state index in [4.69, 9.17) is 5.11 Å². The maximum atomic E-state index is 12.3. The van der Waals surface area contributed by atoms with Crippen LogP contribution in [0.5, 0.6) is 0 Å². The van der Waals surface area contributed by atoms with Crippen molar-refractivity contribution in [1.82, 2.24) is 10.2 Å². The minimum absolute atomic E-state index is 0.0537. The van der Waals surface area contributed by atoms with Gasteiger partial charge in [0, 0.05) is 21.8 Å². The van der Waals surface area contributed by atoms with E-state index in [-0.39, 0.29) is 19.0 Å². The summed E-state index contributed by atoms with van der Waals surface area (Å²) in [6, 6.07) is 1.84. The quantitative estimate of drug-likeness (QED) is 0.877. The maximum Gasteiger partial charge on any atom is 0.318 e. The van der Waals surface area contributed by atoms with E-state index in [1.165, 1.54) is 10.4 Å². The van der Waals surface area contributed by atoms with Crippen LogP contribution in [0.4, 0.5) is 4.79 Å². The van der Waals surface area contributed by atoms with E-state index in [1.807, 2.05) is 27.7 Å². The lowest BCUT2D eigenvalue weighted by Crippen LogP contribution is -2.50. The number of amides is 2. The predicted molar refractivity (Wildman–Crippen MR) is 84.7 cm³/mol. The van der Waals surface area contributed by atoms with Crippen molar-refractivity contribution < 1.29 is 14.7 Å². The Hall–Kier alpha value is -1.56. The van der Waals surface area contributed by atoms with Gasteiger partial charge in [-0.1, -0.05) is 0 Å². The molecule has 0 aliphatic heterocycles. The molecule has 1 rings (SSSR count). The lowest BCUT2D eigenvalue weighted by Gasteiger charge is -2.35. The molecule has 0 fully saturated rings. The molecular formula is C15H24N2O3S. The van der Waals surface area contributed by atoms with Crippen LogP contribution in [0.1, 0.15) is 42.5 Å². The number of aryl methyl sites for hydroxylation is 2. The Kier molecular flexibility index (Phi) is 5.78. The molecule has 0 saturated carbocycles. The molecule has 1 aromatic heterocycles. The van der Waals surface area contributed by atoms with E-state index in [9.17, 15) is 9.59 Å². The van der Waals surface area contributed by atoms with Crippen LogP contribution in [0.15, 0.2) is 6.07 Å². The Balaban J connectivity index is 2.65. The first-order valence-corrected chi connectivity index (χ1v) is 7.76. The molecule has 0 saturated heterocycles. The molecule has 0 aliphatic carbocycles. The van der Waals surface area contributed by atoms with Crippen molar-refractivity contribution in [3.05, 3.63) is 21.4 Å². The summed E-state index contributed by atoms with van der Waals surface area (Å²) in [4.78, 5) is 26.9. The first-order valence-electron chi connectivity index (χ1n) is 6.94. The SMILES string of the molecule is Cc1cc(CNC(=O)N(CCC(=O)O)C(C)(C)C)sc1C. The zero-order chi connectivity index (χ0) is 16.2. The van der Waals surface area contributed by atoms with Gasteiger partial charge in [0.05, 0.1) is 13.0 Å². The molecule has 0 aliphatic rings. The summed E-state index contributed by atoms with van der Waals surface area (Å²) in [7, 11) is 0. The fourth-order valence-electron chi connectivity index (χ4n) is 1.94. The fourth-order valence-corrected chi connectivity index (χ4v) is 2.94. The van der Waals surface area contributed by atoms with E-state index in [2.05, 4.69) is 18.3 Å². The number of rotatable bonds is 5. The second-order valence-corrected chi connectivity index (χ2v) is 7.42. The van der Waals surface area contributed by atoms with Crippen molar-refractivity contribution in [1.29, 1.82) is 0 Å². The third kappa shape index (κ3) is 5.38. The zero-order valence-electron chi connectivity index (χ0n) is 13.3. The van der Waals surface area contributed by atoms with Crippen molar-refractivity contribution in [2.24, 2.45) is 0 Å². The van der Waals surface area contributed by atoms with Gasteiger partial charge in [0.2, 0.25) is 0 Å². The van der Waals surface area contributed by atoms with E-state index in [0.717, 1.165) is 4.88 Å². The minimum atomic E-state index is -0.901. The van der Waals surface area contributed by atoms with Gasteiger partial charge in [0.25, 0.3) is 0 Å². The third-order valence-corrected chi connectivity index (χ3v) is 4.39. The Morgan fingerprint density at radius 2 is 1.95 bits per heavy atom. The maximum absolute atomic E-state index is 12.3. The van der Waals surface area contributed by atoms with Crippen LogP contribution in [-0.4, -0.2) is 34.1 Å². The summed E-state index contributed by atoms with van der Waals surface area (Å²) < 4.78 is 0. The van der Waals surface area contributed by atoms with Crippen molar-refractivity contribution >= 4 is 23.3 Å². The first kappa shape index (κ1) is 17.5. The van der Waals surface area contributed by atoms with Gasteiger partial charge in [-0.2, -0.15) is 0 Å². The van der Waals surface area contributed by atoms with Gasteiger partial charge < -0.3 is 15.3 Å². The summed E-state index contributed by atoms with van der Waals surface area (Å²) in [6.45, 7) is 10.5. The van der Waals surface area contributed by atoms with Crippen molar-refractivity contribution in [3.8, 4) is 0 Å². The minimum Gasteiger partial charge on any atom is -0.481 e. The summed E-state index contributed by atoms with van der Waals surface area (Å²) in [5.41, 5.74) is 0.809. The third-order valence-electron chi connectivity index (χ3n) is 3.24. The highest BCUT2D eigenvalue weighted by Gasteiger charge is 2.26.